The van der Waals surface area contributed by atoms with Gasteiger partial charge in [-0.05, 0) is 12.5 Å². The summed E-state index contributed by atoms with van der Waals surface area (Å²) in [7, 11) is 0. The van der Waals surface area contributed by atoms with E-state index in [-0.39, 0.29) is 0 Å². The van der Waals surface area contributed by atoms with Gasteiger partial charge in [-0.1, -0.05) is 52.4 Å². The quantitative estimate of drug-likeness (QED) is 0.601. The fraction of sp³-hybridized carbons (Fsp3) is 0.222. The summed E-state index contributed by atoms with van der Waals surface area (Å²) in [6.45, 7) is 1.96. The van der Waals surface area contributed by atoms with Crippen LogP contribution in [0, 0.1) is 6.92 Å². The number of rotatable bonds is 2. The van der Waals surface area contributed by atoms with Gasteiger partial charge in [-0.25, -0.2) is 0 Å². The molecule has 3 heteroatoms. The van der Waals surface area contributed by atoms with Gasteiger partial charge in [0.25, 0.3) is 0 Å². The van der Waals surface area contributed by atoms with Crippen molar-refractivity contribution in [2.75, 3.05) is 0 Å². The predicted octanol–water partition coefficient (Wildman–Crippen LogP) is 1.22. The Kier molecular flexibility index (Phi) is 3.08. The van der Waals surface area contributed by atoms with Gasteiger partial charge in [-0.3, -0.25) is 0 Å². The van der Waals surface area contributed by atoms with E-state index in [0.717, 1.165) is 11.1 Å². The molecule has 0 aliphatic heterocycles. The Morgan fingerprint density at radius 3 is 2.33 bits per heavy atom. The van der Waals surface area contributed by atoms with Crippen LogP contribution in [0.25, 0.3) is 0 Å². The van der Waals surface area contributed by atoms with Crippen molar-refractivity contribution in [2.45, 2.75) is 10.8 Å². The second-order valence-electron chi connectivity index (χ2n) is 2.59. The standard InChI is InChI=1S/C9H9IO2/c1-6-2-4-7(5-3-6)8(10)9(11)12/h2-5,8H,1H3,(H,11,12)/p-1. The minimum atomic E-state index is -1.04. The van der Waals surface area contributed by atoms with Gasteiger partial charge in [0.2, 0.25) is 0 Å². The number of aliphatic carboxylic acids is 1. The first kappa shape index (κ1) is 9.51. The molecule has 1 rings (SSSR count). The first-order valence-electron chi connectivity index (χ1n) is 3.53. The SMILES string of the molecule is Cc1ccc(C(I)C(=O)[O-])cc1. The lowest BCUT2D eigenvalue weighted by molar-refractivity contribution is -0.304. The zero-order valence-electron chi connectivity index (χ0n) is 6.58. The summed E-state index contributed by atoms with van der Waals surface area (Å²) in [6.07, 6.45) is 0. The van der Waals surface area contributed by atoms with Crippen molar-refractivity contribution in [3.05, 3.63) is 35.4 Å². The smallest absolute Gasteiger partial charge is 0.0754 e. The maximum atomic E-state index is 10.5. The maximum absolute atomic E-state index is 10.5. The topological polar surface area (TPSA) is 40.1 Å². The van der Waals surface area contributed by atoms with Crippen LogP contribution in [-0.2, 0) is 4.79 Å². The molecule has 0 radical (unpaired) electrons. The van der Waals surface area contributed by atoms with E-state index in [1.54, 1.807) is 0 Å². The maximum Gasteiger partial charge on any atom is 0.0754 e. The van der Waals surface area contributed by atoms with Crippen LogP contribution < -0.4 is 5.11 Å². The summed E-state index contributed by atoms with van der Waals surface area (Å²) in [5, 5.41) is 10.5. The molecule has 0 saturated carbocycles. The first-order chi connectivity index (χ1) is 5.61. The molecule has 0 aromatic heterocycles. The molecule has 0 bridgehead atoms. The lowest BCUT2D eigenvalue weighted by Crippen LogP contribution is -2.26. The van der Waals surface area contributed by atoms with Gasteiger partial charge in [-0.2, -0.15) is 0 Å². The Hall–Kier alpha value is -0.580. The summed E-state index contributed by atoms with van der Waals surface area (Å²) in [4.78, 5) is 10.5. The highest BCUT2D eigenvalue weighted by Gasteiger charge is 2.06. The minimum Gasteiger partial charge on any atom is -0.549 e. The zero-order chi connectivity index (χ0) is 9.14. The third-order valence-electron chi connectivity index (χ3n) is 1.58. The molecule has 12 heavy (non-hydrogen) atoms. The average molecular weight is 275 g/mol. The summed E-state index contributed by atoms with van der Waals surface area (Å²) in [5.74, 6) is -1.04. The molecule has 1 atom stereocenters. The molecule has 1 aromatic carbocycles. The third-order valence-corrected chi connectivity index (χ3v) is 2.80. The molecule has 1 aromatic rings. The highest BCUT2D eigenvalue weighted by atomic mass is 127. The normalized spacial score (nSPS) is 12.5. The average Bonchev–Trinajstić information content (AvgIpc) is 2.04. The van der Waals surface area contributed by atoms with E-state index in [2.05, 4.69) is 0 Å². The number of aryl methyl sites for hydroxylation is 1. The van der Waals surface area contributed by atoms with Crippen LogP contribution in [0.5, 0.6) is 0 Å². The molecule has 0 aliphatic carbocycles. The lowest BCUT2D eigenvalue weighted by Gasteiger charge is -2.10. The van der Waals surface area contributed by atoms with Gasteiger partial charge in [0.1, 0.15) is 0 Å². The van der Waals surface area contributed by atoms with Crippen LogP contribution in [0.3, 0.4) is 0 Å². The van der Waals surface area contributed by atoms with Gasteiger partial charge < -0.3 is 9.90 Å². The fourth-order valence-electron chi connectivity index (χ4n) is 0.872. The highest BCUT2D eigenvalue weighted by molar-refractivity contribution is 14.1. The number of carboxylic acid groups (broad SMARTS) is 1. The molecule has 2 nitrogen and oxygen atoms in total. The molecule has 64 valence electrons. The summed E-state index contributed by atoms with van der Waals surface area (Å²) < 4.78 is -0.553. The van der Waals surface area contributed by atoms with Gasteiger partial charge in [0.15, 0.2) is 0 Å². The van der Waals surface area contributed by atoms with Crippen molar-refractivity contribution in [1.29, 1.82) is 0 Å². The van der Waals surface area contributed by atoms with E-state index in [0.29, 0.717) is 0 Å². The Balaban J connectivity index is 2.89. The molecule has 0 amide bonds. The number of hydrogen-bond acceptors (Lipinski definition) is 2. The molecule has 0 heterocycles. The number of hydrogen-bond donors (Lipinski definition) is 0. The highest BCUT2D eigenvalue weighted by Crippen LogP contribution is 2.22. The molecule has 1 unspecified atom stereocenters. The Morgan fingerprint density at radius 1 is 1.42 bits per heavy atom. The minimum absolute atomic E-state index is 0.553. The third kappa shape index (κ3) is 2.20. The predicted molar refractivity (Wildman–Crippen MR) is 52.9 cm³/mol. The molecule has 0 N–H and O–H groups in total. The number of carbonyl (C=O) groups excluding carboxylic acids is 1. The molecular formula is C9H8IO2-. The van der Waals surface area contributed by atoms with E-state index >= 15 is 0 Å². The molecule has 0 saturated heterocycles. The lowest BCUT2D eigenvalue weighted by atomic mass is 10.1. The number of carboxylic acids is 1. The molecule has 0 fully saturated rings. The zero-order valence-corrected chi connectivity index (χ0v) is 8.74. The second-order valence-corrected chi connectivity index (χ2v) is 3.84. The Bertz CT molecular complexity index is 279. The molecule has 0 aliphatic rings. The number of benzene rings is 1. The van der Waals surface area contributed by atoms with E-state index in [4.69, 9.17) is 0 Å². The van der Waals surface area contributed by atoms with Crippen molar-refractivity contribution in [3.8, 4) is 0 Å². The monoisotopic (exact) mass is 275 g/mol. The van der Waals surface area contributed by atoms with Crippen LogP contribution in [-0.4, -0.2) is 5.97 Å². The second kappa shape index (κ2) is 3.89. The van der Waals surface area contributed by atoms with Crippen molar-refractivity contribution in [1.82, 2.24) is 0 Å². The molecular weight excluding hydrogens is 267 g/mol. The largest absolute Gasteiger partial charge is 0.549 e. The number of carbonyl (C=O) groups is 1. The van der Waals surface area contributed by atoms with Gasteiger partial charge in [0, 0.05) is 0 Å². The van der Waals surface area contributed by atoms with Crippen molar-refractivity contribution < 1.29 is 9.90 Å². The van der Waals surface area contributed by atoms with Gasteiger partial charge in [-0.15, -0.1) is 0 Å². The summed E-state index contributed by atoms with van der Waals surface area (Å²) in [5.41, 5.74) is 1.90. The number of halogens is 1. The Labute approximate surface area is 84.7 Å². The Morgan fingerprint density at radius 2 is 1.92 bits per heavy atom. The summed E-state index contributed by atoms with van der Waals surface area (Å²) in [6, 6.07) is 7.40. The molecule has 0 spiro atoms. The van der Waals surface area contributed by atoms with Crippen LogP contribution in [0.1, 0.15) is 15.1 Å². The van der Waals surface area contributed by atoms with E-state index in [9.17, 15) is 9.90 Å². The van der Waals surface area contributed by atoms with Crippen LogP contribution in [0.15, 0.2) is 24.3 Å². The first-order valence-corrected chi connectivity index (χ1v) is 4.77. The van der Waals surface area contributed by atoms with E-state index < -0.39 is 9.89 Å². The summed E-state index contributed by atoms with van der Waals surface area (Å²) >= 11 is 1.85. The van der Waals surface area contributed by atoms with Crippen molar-refractivity contribution >= 4 is 28.6 Å². The van der Waals surface area contributed by atoms with E-state index in [1.165, 1.54) is 0 Å². The van der Waals surface area contributed by atoms with Crippen molar-refractivity contribution in [2.24, 2.45) is 0 Å². The van der Waals surface area contributed by atoms with Crippen molar-refractivity contribution in [3.63, 3.8) is 0 Å². The van der Waals surface area contributed by atoms with Gasteiger partial charge >= 0.3 is 0 Å². The van der Waals surface area contributed by atoms with Crippen LogP contribution >= 0.6 is 22.6 Å². The van der Waals surface area contributed by atoms with E-state index in [1.807, 2.05) is 53.8 Å². The van der Waals surface area contributed by atoms with Gasteiger partial charge in [0.05, 0.1) is 9.89 Å². The van der Waals surface area contributed by atoms with Crippen LogP contribution in [0.4, 0.5) is 0 Å². The van der Waals surface area contributed by atoms with Crippen LogP contribution in [0.2, 0.25) is 0 Å². The number of alkyl halides is 1. The fourth-order valence-corrected chi connectivity index (χ4v) is 1.29.